The van der Waals surface area contributed by atoms with Crippen molar-refractivity contribution in [3.8, 4) is 17.0 Å². The quantitative estimate of drug-likeness (QED) is 0.524. The number of pyridine rings is 1. The highest BCUT2D eigenvalue weighted by atomic mass is 16.5. The Labute approximate surface area is 175 Å². The Kier molecular flexibility index (Phi) is 5.23. The molecule has 0 saturated heterocycles. The number of ether oxygens (including phenoxy) is 1. The molecule has 0 radical (unpaired) electrons. The van der Waals surface area contributed by atoms with Gasteiger partial charge in [-0.05, 0) is 49.2 Å². The average Bonchev–Trinajstić information content (AvgIpc) is 3.07. The SMILES string of the molecule is CCc1ccc(NC(=O)c2cc(-c3cccc(OC)c3)nc3c2c(C)nn3C)cc1. The highest BCUT2D eigenvalue weighted by molar-refractivity contribution is 6.13. The third kappa shape index (κ3) is 3.64. The van der Waals surface area contributed by atoms with E-state index >= 15 is 0 Å². The molecule has 0 spiro atoms. The van der Waals surface area contributed by atoms with E-state index in [-0.39, 0.29) is 5.91 Å². The molecule has 0 bridgehead atoms. The number of carbonyl (C=O) groups is 1. The standard InChI is InChI=1S/C24H24N4O2/c1-5-16-9-11-18(12-10-16)25-24(29)20-14-21(17-7-6-8-19(13-17)30-4)26-23-22(20)15(2)27-28(23)3/h6-14H,5H2,1-4H3,(H,25,29). The molecule has 6 heteroatoms. The Morgan fingerprint density at radius 1 is 1.13 bits per heavy atom. The molecule has 0 saturated carbocycles. The van der Waals surface area contributed by atoms with Gasteiger partial charge in [0.25, 0.3) is 5.91 Å². The number of nitrogens with one attached hydrogen (secondary N) is 1. The first-order valence-corrected chi connectivity index (χ1v) is 9.89. The Hall–Kier alpha value is -3.67. The molecule has 0 fully saturated rings. The number of anilines is 1. The van der Waals surface area contributed by atoms with Gasteiger partial charge in [0.1, 0.15) is 5.75 Å². The van der Waals surface area contributed by atoms with E-state index in [2.05, 4.69) is 17.3 Å². The number of aryl methyl sites for hydroxylation is 3. The van der Waals surface area contributed by atoms with Crippen molar-refractivity contribution in [2.45, 2.75) is 20.3 Å². The van der Waals surface area contributed by atoms with Gasteiger partial charge in [0.05, 0.1) is 29.4 Å². The molecule has 2 aromatic heterocycles. The Balaban J connectivity index is 1.81. The number of hydrogen-bond acceptors (Lipinski definition) is 4. The van der Waals surface area contributed by atoms with Gasteiger partial charge in [0.2, 0.25) is 0 Å². The highest BCUT2D eigenvalue weighted by Crippen LogP contribution is 2.29. The number of aromatic nitrogens is 3. The zero-order valence-electron chi connectivity index (χ0n) is 17.6. The summed E-state index contributed by atoms with van der Waals surface area (Å²) in [6, 6.07) is 17.4. The summed E-state index contributed by atoms with van der Waals surface area (Å²) in [6.07, 6.45) is 0.956. The second-order valence-electron chi connectivity index (χ2n) is 7.20. The predicted molar refractivity (Wildman–Crippen MR) is 119 cm³/mol. The Morgan fingerprint density at radius 3 is 2.60 bits per heavy atom. The molecule has 30 heavy (non-hydrogen) atoms. The van der Waals surface area contributed by atoms with Crippen LogP contribution in [-0.4, -0.2) is 27.8 Å². The van der Waals surface area contributed by atoms with Crippen LogP contribution in [0.15, 0.2) is 54.6 Å². The molecule has 2 heterocycles. The van der Waals surface area contributed by atoms with Crippen molar-refractivity contribution in [3.63, 3.8) is 0 Å². The van der Waals surface area contributed by atoms with Crippen molar-refractivity contribution in [2.24, 2.45) is 7.05 Å². The van der Waals surface area contributed by atoms with Crippen LogP contribution in [0.1, 0.15) is 28.5 Å². The van der Waals surface area contributed by atoms with E-state index in [1.165, 1.54) is 5.56 Å². The van der Waals surface area contributed by atoms with Crippen LogP contribution in [0.4, 0.5) is 5.69 Å². The minimum Gasteiger partial charge on any atom is -0.497 e. The van der Waals surface area contributed by atoms with Crippen LogP contribution in [0.25, 0.3) is 22.3 Å². The lowest BCUT2D eigenvalue weighted by Gasteiger charge is -2.10. The molecule has 0 unspecified atom stereocenters. The van der Waals surface area contributed by atoms with E-state index in [0.29, 0.717) is 16.9 Å². The Morgan fingerprint density at radius 2 is 1.90 bits per heavy atom. The molecular formula is C24H24N4O2. The summed E-state index contributed by atoms with van der Waals surface area (Å²) < 4.78 is 7.05. The van der Waals surface area contributed by atoms with E-state index in [1.54, 1.807) is 11.8 Å². The van der Waals surface area contributed by atoms with Gasteiger partial charge in [-0.2, -0.15) is 5.10 Å². The minimum atomic E-state index is -0.188. The number of hydrogen-bond donors (Lipinski definition) is 1. The number of benzene rings is 2. The van der Waals surface area contributed by atoms with Crippen LogP contribution in [0, 0.1) is 6.92 Å². The maximum Gasteiger partial charge on any atom is 0.256 e. The molecule has 0 aliphatic rings. The summed E-state index contributed by atoms with van der Waals surface area (Å²) in [6.45, 7) is 3.99. The largest absolute Gasteiger partial charge is 0.497 e. The van der Waals surface area contributed by atoms with Crippen molar-refractivity contribution in [1.29, 1.82) is 0 Å². The van der Waals surface area contributed by atoms with Gasteiger partial charge in [0.15, 0.2) is 5.65 Å². The molecule has 0 atom stereocenters. The topological polar surface area (TPSA) is 69.0 Å². The van der Waals surface area contributed by atoms with Crippen LogP contribution in [-0.2, 0) is 13.5 Å². The average molecular weight is 400 g/mol. The molecule has 4 rings (SSSR count). The van der Waals surface area contributed by atoms with E-state index < -0.39 is 0 Å². The molecule has 4 aromatic rings. The second-order valence-corrected chi connectivity index (χ2v) is 7.20. The van der Waals surface area contributed by atoms with Gasteiger partial charge in [0, 0.05) is 18.3 Å². The monoisotopic (exact) mass is 400 g/mol. The molecule has 1 N–H and O–H groups in total. The fourth-order valence-corrected chi connectivity index (χ4v) is 3.58. The van der Waals surface area contributed by atoms with Gasteiger partial charge in [-0.25, -0.2) is 4.98 Å². The van der Waals surface area contributed by atoms with Crippen LogP contribution in [0.2, 0.25) is 0 Å². The molecule has 0 aliphatic carbocycles. The summed E-state index contributed by atoms with van der Waals surface area (Å²) in [5.41, 5.74) is 5.52. The van der Waals surface area contributed by atoms with E-state index in [1.807, 2.05) is 68.6 Å². The number of amides is 1. The van der Waals surface area contributed by atoms with Gasteiger partial charge in [-0.1, -0.05) is 31.2 Å². The lowest BCUT2D eigenvalue weighted by molar-refractivity contribution is 0.102. The van der Waals surface area contributed by atoms with Gasteiger partial charge < -0.3 is 10.1 Å². The molecule has 2 aromatic carbocycles. The first kappa shape index (κ1) is 19.6. The van der Waals surface area contributed by atoms with Crippen LogP contribution in [0.3, 0.4) is 0 Å². The van der Waals surface area contributed by atoms with Crippen molar-refractivity contribution < 1.29 is 9.53 Å². The lowest BCUT2D eigenvalue weighted by atomic mass is 10.0. The molecule has 0 aliphatic heterocycles. The van der Waals surface area contributed by atoms with Crippen molar-refractivity contribution in [2.75, 3.05) is 12.4 Å². The summed E-state index contributed by atoms with van der Waals surface area (Å²) in [7, 11) is 3.46. The fourth-order valence-electron chi connectivity index (χ4n) is 3.58. The maximum atomic E-state index is 13.3. The number of nitrogens with zero attached hydrogens (tertiary/aromatic N) is 3. The lowest BCUT2D eigenvalue weighted by Crippen LogP contribution is -2.13. The normalized spacial score (nSPS) is 10.9. The number of rotatable bonds is 5. The second kappa shape index (κ2) is 7.99. The maximum absolute atomic E-state index is 13.3. The smallest absolute Gasteiger partial charge is 0.256 e. The number of carbonyl (C=O) groups excluding carboxylic acids is 1. The summed E-state index contributed by atoms with van der Waals surface area (Å²) in [4.78, 5) is 18.0. The van der Waals surface area contributed by atoms with E-state index in [9.17, 15) is 4.79 Å². The highest BCUT2D eigenvalue weighted by Gasteiger charge is 2.19. The fraction of sp³-hybridized carbons (Fsp3) is 0.208. The minimum absolute atomic E-state index is 0.188. The number of methoxy groups -OCH3 is 1. The molecule has 152 valence electrons. The summed E-state index contributed by atoms with van der Waals surface area (Å²) in [5.74, 6) is 0.546. The molecular weight excluding hydrogens is 376 g/mol. The summed E-state index contributed by atoms with van der Waals surface area (Å²) >= 11 is 0. The predicted octanol–water partition coefficient (Wildman–Crippen LogP) is 4.77. The molecule has 1 amide bonds. The van der Waals surface area contributed by atoms with Gasteiger partial charge >= 0.3 is 0 Å². The van der Waals surface area contributed by atoms with Gasteiger partial charge in [-0.15, -0.1) is 0 Å². The van der Waals surface area contributed by atoms with Crippen LogP contribution < -0.4 is 10.1 Å². The van der Waals surface area contributed by atoms with Crippen molar-refractivity contribution in [1.82, 2.24) is 14.8 Å². The third-order valence-electron chi connectivity index (χ3n) is 5.20. The van der Waals surface area contributed by atoms with E-state index in [4.69, 9.17) is 9.72 Å². The first-order chi connectivity index (χ1) is 14.5. The first-order valence-electron chi connectivity index (χ1n) is 9.89. The van der Waals surface area contributed by atoms with Crippen LogP contribution >= 0.6 is 0 Å². The zero-order chi connectivity index (χ0) is 21.3. The van der Waals surface area contributed by atoms with Gasteiger partial charge in [-0.3, -0.25) is 9.48 Å². The molecule has 6 nitrogen and oxygen atoms in total. The van der Waals surface area contributed by atoms with E-state index in [0.717, 1.165) is 34.5 Å². The zero-order valence-corrected chi connectivity index (χ0v) is 17.6. The Bertz CT molecular complexity index is 1230. The number of fused-ring (bicyclic) bond motifs is 1. The summed E-state index contributed by atoms with van der Waals surface area (Å²) in [5, 5.41) is 8.25. The third-order valence-corrected chi connectivity index (χ3v) is 5.20. The van der Waals surface area contributed by atoms with Crippen LogP contribution in [0.5, 0.6) is 5.75 Å². The van der Waals surface area contributed by atoms with Crippen molar-refractivity contribution in [3.05, 3.63) is 71.4 Å². The van der Waals surface area contributed by atoms with Crippen molar-refractivity contribution >= 4 is 22.6 Å².